The van der Waals surface area contributed by atoms with Crippen molar-refractivity contribution in [2.24, 2.45) is 0 Å². The third kappa shape index (κ3) is 3.61. The second-order valence-electron chi connectivity index (χ2n) is 5.26. The van der Waals surface area contributed by atoms with Crippen LogP contribution in [0.3, 0.4) is 0 Å². The number of benzene rings is 2. The first-order valence-corrected chi connectivity index (χ1v) is 8.02. The Morgan fingerprint density at radius 1 is 1.08 bits per heavy atom. The van der Waals surface area contributed by atoms with E-state index in [1.807, 2.05) is 0 Å². The number of amides is 1. The number of aromatic hydroxyl groups is 1. The highest BCUT2D eigenvalue weighted by molar-refractivity contribution is 6.34. The Labute approximate surface area is 157 Å². The summed E-state index contributed by atoms with van der Waals surface area (Å²) in [6.45, 7) is 0. The Morgan fingerprint density at radius 3 is 2.50 bits per heavy atom. The molecule has 0 saturated heterocycles. The maximum Gasteiger partial charge on any atom is 0.259 e. The first-order valence-electron chi connectivity index (χ1n) is 7.26. The molecule has 1 amide bonds. The van der Waals surface area contributed by atoms with Gasteiger partial charge >= 0.3 is 0 Å². The van der Waals surface area contributed by atoms with Gasteiger partial charge in [0, 0.05) is 11.8 Å². The van der Waals surface area contributed by atoms with Crippen LogP contribution in [0.15, 0.2) is 48.7 Å². The second-order valence-corrected chi connectivity index (χ2v) is 6.11. The van der Waals surface area contributed by atoms with E-state index in [-0.39, 0.29) is 27.5 Å². The van der Waals surface area contributed by atoms with Crippen molar-refractivity contribution >= 4 is 34.8 Å². The van der Waals surface area contributed by atoms with Gasteiger partial charge in [-0.3, -0.25) is 9.78 Å². The van der Waals surface area contributed by atoms with Gasteiger partial charge in [-0.25, -0.2) is 8.78 Å². The SMILES string of the molecule is O=C(Nc1c(F)cccc1Cl)c1cc(F)c(-c2ccc(Cl)cn2)cc1O. The van der Waals surface area contributed by atoms with E-state index in [1.165, 1.54) is 30.5 Å². The topological polar surface area (TPSA) is 62.2 Å². The average molecular weight is 395 g/mol. The van der Waals surface area contributed by atoms with Crippen molar-refractivity contribution in [1.29, 1.82) is 0 Å². The van der Waals surface area contributed by atoms with E-state index in [0.29, 0.717) is 5.02 Å². The normalized spacial score (nSPS) is 10.6. The summed E-state index contributed by atoms with van der Waals surface area (Å²) in [6, 6.07) is 8.75. The molecule has 0 aliphatic rings. The van der Waals surface area contributed by atoms with E-state index in [0.717, 1.165) is 18.2 Å². The van der Waals surface area contributed by atoms with Crippen molar-refractivity contribution in [3.05, 3.63) is 75.9 Å². The smallest absolute Gasteiger partial charge is 0.259 e. The molecule has 0 atom stereocenters. The Morgan fingerprint density at radius 2 is 1.85 bits per heavy atom. The Kier molecular flexibility index (Phi) is 5.06. The minimum atomic E-state index is -0.913. The van der Waals surface area contributed by atoms with E-state index < -0.39 is 23.3 Å². The van der Waals surface area contributed by atoms with Crippen LogP contribution in [0.1, 0.15) is 10.4 Å². The molecule has 0 bridgehead atoms. The van der Waals surface area contributed by atoms with Gasteiger partial charge in [-0.2, -0.15) is 0 Å². The number of hydrogen-bond acceptors (Lipinski definition) is 3. The molecule has 3 aromatic rings. The van der Waals surface area contributed by atoms with Gasteiger partial charge in [0.15, 0.2) is 0 Å². The monoisotopic (exact) mass is 394 g/mol. The number of halogens is 4. The van der Waals surface area contributed by atoms with Crippen LogP contribution >= 0.6 is 23.2 Å². The number of carbonyl (C=O) groups excluding carboxylic acids is 1. The summed E-state index contributed by atoms with van der Waals surface area (Å²) in [6.07, 6.45) is 1.33. The van der Waals surface area contributed by atoms with Crippen molar-refractivity contribution < 1.29 is 18.7 Å². The molecule has 0 spiro atoms. The fourth-order valence-electron chi connectivity index (χ4n) is 2.27. The molecule has 0 unspecified atom stereocenters. The predicted molar refractivity (Wildman–Crippen MR) is 95.7 cm³/mol. The highest BCUT2D eigenvalue weighted by Crippen LogP contribution is 2.31. The summed E-state index contributed by atoms with van der Waals surface area (Å²) in [5, 5.41) is 12.7. The van der Waals surface area contributed by atoms with Crippen molar-refractivity contribution in [1.82, 2.24) is 4.98 Å². The summed E-state index contributed by atoms with van der Waals surface area (Å²) < 4.78 is 28.2. The van der Waals surface area contributed by atoms with Crippen molar-refractivity contribution in [2.75, 3.05) is 5.32 Å². The number of hydrogen-bond donors (Lipinski definition) is 2. The average Bonchev–Trinajstić information content (AvgIpc) is 2.60. The van der Waals surface area contributed by atoms with Gasteiger partial charge < -0.3 is 10.4 Å². The number of anilines is 1. The van der Waals surface area contributed by atoms with Crippen LogP contribution in [0.5, 0.6) is 5.75 Å². The number of carbonyl (C=O) groups is 1. The molecule has 1 heterocycles. The zero-order valence-electron chi connectivity index (χ0n) is 12.9. The molecule has 8 heteroatoms. The summed E-state index contributed by atoms with van der Waals surface area (Å²) >= 11 is 11.6. The second kappa shape index (κ2) is 7.27. The van der Waals surface area contributed by atoms with Crippen LogP contribution in [0.25, 0.3) is 11.3 Å². The molecule has 0 fully saturated rings. The molecule has 0 aliphatic carbocycles. The maximum absolute atomic E-state index is 14.4. The van der Waals surface area contributed by atoms with Gasteiger partial charge in [0.25, 0.3) is 5.91 Å². The third-order valence-electron chi connectivity index (χ3n) is 3.53. The molecule has 0 saturated carbocycles. The Bertz CT molecular complexity index is 975. The van der Waals surface area contributed by atoms with Crippen molar-refractivity contribution in [3.63, 3.8) is 0 Å². The molecule has 0 aliphatic heterocycles. The van der Waals surface area contributed by atoms with Crippen molar-refractivity contribution in [2.45, 2.75) is 0 Å². The molecule has 132 valence electrons. The Hall–Kier alpha value is -2.70. The molecule has 0 radical (unpaired) electrons. The maximum atomic E-state index is 14.4. The van der Waals surface area contributed by atoms with Gasteiger partial charge in [-0.1, -0.05) is 29.3 Å². The van der Waals surface area contributed by atoms with Gasteiger partial charge in [0.05, 0.1) is 27.0 Å². The van der Waals surface area contributed by atoms with E-state index in [9.17, 15) is 18.7 Å². The fourth-order valence-corrected chi connectivity index (χ4v) is 2.60. The lowest BCUT2D eigenvalue weighted by molar-refractivity contribution is 0.102. The molecule has 2 N–H and O–H groups in total. The number of nitrogens with one attached hydrogen (secondary N) is 1. The number of rotatable bonds is 3. The van der Waals surface area contributed by atoms with Crippen molar-refractivity contribution in [3.8, 4) is 17.0 Å². The zero-order valence-corrected chi connectivity index (χ0v) is 14.4. The predicted octanol–water partition coefficient (Wildman–Crippen LogP) is 5.29. The summed E-state index contributed by atoms with van der Waals surface area (Å²) in [5.74, 6) is -2.96. The fraction of sp³-hybridized carbons (Fsp3) is 0. The molecular formula is C18H10Cl2F2N2O2. The lowest BCUT2D eigenvalue weighted by Gasteiger charge is -2.11. The van der Waals surface area contributed by atoms with Gasteiger partial charge in [-0.05, 0) is 36.4 Å². The highest BCUT2D eigenvalue weighted by atomic mass is 35.5. The largest absolute Gasteiger partial charge is 0.507 e. The number of nitrogens with zero attached hydrogens (tertiary/aromatic N) is 1. The molecular weight excluding hydrogens is 385 g/mol. The quantitative estimate of drug-likeness (QED) is 0.634. The van der Waals surface area contributed by atoms with Crippen LogP contribution in [0.4, 0.5) is 14.5 Å². The van der Waals surface area contributed by atoms with Crippen LogP contribution < -0.4 is 5.32 Å². The van der Waals surface area contributed by atoms with E-state index >= 15 is 0 Å². The first-order chi connectivity index (χ1) is 12.4. The van der Waals surface area contributed by atoms with E-state index in [1.54, 1.807) is 0 Å². The minimum Gasteiger partial charge on any atom is -0.507 e. The standard InChI is InChI=1S/C18H10Cl2F2N2O2/c19-9-4-5-15(23-8-9)10-7-16(25)11(6-14(10)22)18(26)24-17-12(20)2-1-3-13(17)21/h1-8,25H,(H,24,26). The third-order valence-corrected chi connectivity index (χ3v) is 4.07. The number of phenolic OH excluding ortho intramolecular Hbond substituents is 1. The number of pyridine rings is 1. The van der Waals surface area contributed by atoms with Crippen LogP contribution in [0, 0.1) is 11.6 Å². The lowest BCUT2D eigenvalue weighted by Crippen LogP contribution is -2.14. The van der Waals surface area contributed by atoms with Crippen LogP contribution in [-0.2, 0) is 0 Å². The summed E-state index contributed by atoms with van der Waals surface area (Å²) in [4.78, 5) is 16.3. The van der Waals surface area contributed by atoms with Gasteiger partial charge in [0.2, 0.25) is 0 Å². The molecule has 3 rings (SSSR count). The van der Waals surface area contributed by atoms with Gasteiger partial charge in [0.1, 0.15) is 17.4 Å². The number of aromatic nitrogens is 1. The lowest BCUT2D eigenvalue weighted by atomic mass is 10.1. The van der Waals surface area contributed by atoms with Crippen LogP contribution in [-0.4, -0.2) is 16.0 Å². The highest BCUT2D eigenvalue weighted by Gasteiger charge is 2.19. The van der Waals surface area contributed by atoms with Crippen LogP contribution in [0.2, 0.25) is 10.0 Å². The zero-order chi connectivity index (χ0) is 18.8. The van der Waals surface area contributed by atoms with E-state index in [4.69, 9.17) is 23.2 Å². The number of phenols is 1. The number of para-hydroxylation sites is 1. The molecule has 26 heavy (non-hydrogen) atoms. The molecule has 4 nitrogen and oxygen atoms in total. The molecule has 2 aromatic carbocycles. The van der Waals surface area contributed by atoms with E-state index in [2.05, 4.69) is 10.3 Å². The first kappa shape index (κ1) is 18.1. The molecule has 1 aromatic heterocycles. The summed E-state index contributed by atoms with van der Waals surface area (Å²) in [5.41, 5.74) is -0.423. The minimum absolute atomic E-state index is 0.0142. The Balaban J connectivity index is 1.95. The van der Waals surface area contributed by atoms with Gasteiger partial charge in [-0.15, -0.1) is 0 Å². The summed E-state index contributed by atoms with van der Waals surface area (Å²) in [7, 11) is 0.